The van der Waals surface area contributed by atoms with Crippen LogP contribution in [0.25, 0.3) is 0 Å². The van der Waals surface area contributed by atoms with Crippen molar-refractivity contribution in [2.45, 2.75) is 50.2 Å². The molecule has 3 aliphatic heterocycles. The van der Waals surface area contributed by atoms with Crippen LogP contribution in [0.15, 0.2) is 16.9 Å². The molecular formula is C20H28N8O5S. The number of amides is 3. The van der Waals surface area contributed by atoms with Crippen LogP contribution < -0.4 is 10.6 Å². The lowest BCUT2D eigenvalue weighted by atomic mass is 9.78. The molecule has 2 fully saturated rings. The van der Waals surface area contributed by atoms with Gasteiger partial charge in [-0.1, -0.05) is 6.92 Å². The fourth-order valence-corrected chi connectivity index (χ4v) is 6.43. The van der Waals surface area contributed by atoms with Gasteiger partial charge in [-0.15, -0.1) is 22.0 Å². The second kappa shape index (κ2) is 9.33. The van der Waals surface area contributed by atoms with Crippen molar-refractivity contribution >= 4 is 35.5 Å². The summed E-state index contributed by atoms with van der Waals surface area (Å²) in [7, 11) is 3.40. The van der Waals surface area contributed by atoms with Crippen molar-refractivity contribution in [2.24, 2.45) is 11.8 Å². The standard InChI is InChI=1S/C20H28N8O5S/c1-9-15-14(10(2)24-13(29)7-27-23-8-22-25-27)19(31)28(15)16(20(32)33)17(9)34-11-5-12(21-6-11)18(30)26(3)4/h8-12,14-15,21H,5-7H2,1-4H3,(H,24,29)(H,32,33)/t9-,10?,11+,12+,14-,15-/m1/s1. The van der Waals surface area contributed by atoms with Crippen LogP contribution in [-0.2, 0) is 25.7 Å². The third kappa shape index (κ3) is 4.27. The smallest absolute Gasteiger partial charge is 0.353 e. The first kappa shape index (κ1) is 24.1. The quantitative estimate of drug-likeness (QED) is 0.364. The molecule has 0 bridgehead atoms. The van der Waals surface area contributed by atoms with Gasteiger partial charge >= 0.3 is 5.97 Å². The molecule has 3 N–H and O–H groups in total. The zero-order valence-corrected chi connectivity index (χ0v) is 20.2. The van der Waals surface area contributed by atoms with Crippen LogP contribution >= 0.6 is 11.8 Å². The normalized spacial score (nSPS) is 29.0. The lowest BCUT2D eigenvalue weighted by Crippen LogP contribution is -2.66. The number of nitrogens with zero attached hydrogens (tertiary/aromatic N) is 6. The van der Waals surface area contributed by atoms with Crippen LogP contribution in [0.2, 0.25) is 0 Å². The monoisotopic (exact) mass is 492 g/mol. The molecular weight excluding hydrogens is 464 g/mol. The highest BCUT2D eigenvalue weighted by molar-refractivity contribution is 8.03. The van der Waals surface area contributed by atoms with Gasteiger partial charge in [0.1, 0.15) is 12.2 Å². The van der Waals surface area contributed by atoms with E-state index in [2.05, 4.69) is 26.0 Å². The molecule has 3 amide bonds. The van der Waals surface area contributed by atoms with Crippen LogP contribution in [0.1, 0.15) is 20.3 Å². The Morgan fingerprint density at radius 1 is 1.38 bits per heavy atom. The summed E-state index contributed by atoms with van der Waals surface area (Å²) in [5.74, 6) is -2.60. The Hall–Kier alpha value is -3.00. The van der Waals surface area contributed by atoms with E-state index >= 15 is 0 Å². The Bertz CT molecular complexity index is 1030. The fourth-order valence-electron chi connectivity index (χ4n) is 4.95. The Balaban J connectivity index is 1.44. The molecule has 1 aromatic heterocycles. The van der Waals surface area contributed by atoms with Gasteiger partial charge in [-0.05, 0) is 18.6 Å². The van der Waals surface area contributed by atoms with Crippen molar-refractivity contribution in [3.05, 3.63) is 16.9 Å². The van der Waals surface area contributed by atoms with Gasteiger partial charge in [-0.3, -0.25) is 14.4 Å². The highest BCUT2D eigenvalue weighted by atomic mass is 32.2. The number of tetrazole rings is 1. The molecule has 184 valence electrons. The first-order valence-electron chi connectivity index (χ1n) is 11.0. The summed E-state index contributed by atoms with van der Waals surface area (Å²) in [5, 5.41) is 26.9. The molecule has 14 heteroatoms. The van der Waals surface area contributed by atoms with Gasteiger partial charge in [0, 0.05) is 42.8 Å². The summed E-state index contributed by atoms with van der Waals surface area (Å²) >= 11 is 1.43. The van der Waals surface area contributed by atoms with E-state index in [1.807, 2.05) is 6.92 Å². The van der Waals surface area contributed by atoms with Crippen molar-refractivity contribution in [1.29, 1.82) is 0 Å². The van der Waals surface area contributed by atoms with Gasteiger partial charge in [-0.25, -0.2) is 4.79 Å². The molecule has 6 atom stereocenters. The van der Waals surface area contributed by atoms with Crippen molar-refractivity contribution in [3.63, 3.8) is 0 Å². The summed E-state index contributed by atoms with van der Waals surface area (Å²) in [5.41, 5.74) is 0.0106. The van der Waals surface area contributed by atoms with Crippen molar-refractivity contribution in [3.8, 4) is 0 Å². The van der Waals surface area contributed by atoms with Crippen molar-refractivity contribution in [2.75, 3.05) is 20.6 Å². The molecule has 0 saturated carbocycles. The average Bonchev–Trinajstić information content (AvgIpc) is 3.48. The summed E-state index contributed by atoms with van der Waals surface area (Å²) < 4.78 is 0. The van der Waals surface area contributed by atoms with E-state index in [4.69, 9.17) is 0 Å². The molecule has 1 unspecified atom stereocenters. The van der Waals surface area contributed by atoms with Gasteiger partial charge in [-0.2, -0.15) is 4.80 Å². The molecule has 4 rings (SSSR count). The second-order valence-corrected chi connectivity index (χ2v) is 10.4. The van der Waals surface area contributed by atoms with E-state index in [-0.39, 0.29) is 53.2 Å². The maximum absolute atomic E-state index is 13.0. The summed E-state index contributed by atoms with van der Waals surface area (Å²) in [6.45, 7) is 4.09. The molecule has 34 heavy (non-hydrogen) atoms. The number of thioether (sulfide) groups is 1. The number of hydrogen-bond donors (Lipinski definition) is 3. The van der Waals surface area contributed by atoms with E-state index in [0.29, 0.717) is 17.9 Å². The number of aliphatic carboxylic acids is 1. The molecule has 3 aliphatic rings. The number of carbonyl (C=O) groups is 4. The third-order valence-electron chi connectivity index (χ3n) is 6.52. The number of fused-ring (bicyclic) bond motifs is 1. The zero-order valence-electron chi connectivity index (χ0n) is 19.3. The van der Waals surface area contributed by atoms with E-state index in [1.54, 1.807) is 21.0 Å². The number of β-lactam (4-membered cyclic amide) rings is 1. The van der Waals surface area contributed by atoms with Gasteiger partial charge in [0.15, 0.2) is 6.33 Å². The second-order valence-electron chi connectivity index (χ2n) is 9.02. The number of likely N-dealkylation sites (N-methyl/N-ethyl adjacent to an activating group) is 1. The molecule has 2 saturated heterocycles. The largest absolute Gasteiger partial charge is 0.477 e. The predicted molar refractivity (Wildman–Crippen MR) is 120 cm³/mol. The SMILES string of the molecule is CC(NC(=O)Cn1ncnn1)[C@H]1C(=O)N2C(C(=O)O)=C(S[C@@H]3CN[C@H](C(=O)N(C)C)C3)[C@H](C)[C@H]12. The van der Waals surface area contributed by atoms with Crippen LogP contribution in [0.5, 0.6) is 0 Å². The minimum absolute atomic E-state index is 0.0106. The van der Waals surface area contributed by atoms with Gasteiger partial charge < -0.3 is 25.5 Å². The Morgan fingerprint density at radius 2 is 2.12 bits per heavy atom. The number of carbonyl (C=O) groups excluding carboxylic acids is 3. The number of nitrogens with one attached hydrogen (secondary N) is 2. The highest BCUT2D eigenvalue weighted by Crippen LogP contribution is 2.51. The van der Waals surface area contributed by atoms with E-state index in [0.717, 1.165) is 4.80 Å². The van der Waals surface area contributed by atoms with Crippen LogP contribution in [0.3, 0.4) is 0 Å². The predicted octanol–water partition coefficient (Wildman–Crippen LogP) is -1.50. The number of carboxylic acids is 1. The maximum Gasteiger partial charge on any atom is 0.353 e. The average molecular weight is 493 g/mol. The Kier molecular flexibility index (Phi) is 6.62. The number of carboxylic acid groups (broad SMARTS) is 1. The highest BCUT2D eigenvalue weighted by Gasteiger charge is 2.60. The Labute approximate surface area is 200 Å². The topological polar surface area (TPSA) is 163 Å². The molecule has 4 heterocycles. The minimum Gasteiger partial charge on any atom is -0.477 e. The van der Waals surface area contributed by atoms with Gasteiger partial charge in [0.2, 0.25) is 17.7 Å². The van der Waals surface area contributed by atoms with Crippen molar-refractivity contribution in [1.82, 2.24) is 40.6 Å². The van der Waals surface area contributed by atoms with Gasteiger partial charge in [0.25, 0.3) is 0 Å². The molecule has 0 spiro atoms. The number of hydrogen-bond acceptors (Lipinski definition) is 9. The maximum atomic E-state index is 13.0. The van der Waals surface area contributed by atoms with E-state index < -0.39 is 17.9 Å². The zero-order chi connectivity index (χ0) is 24.7. The minimum atomic E-state index is -1.15. The lowest BCUT2D eigenvalue weighted by Gasteiger charge is -2.47. The van der Waals surface area contributed by atoms with Crippen molar-refractivity contribution < 1.29 is 24.3 Å². The van der Waals surface area contributed by atoms with E-state index in [1.165, 1.54) is 27.9 Å². The Morgan fingerprint density at radius 3 is 2.74 bits per heavy atom. The number of aromatic nitrogens is 4. The van der Waals surface area contributed by atoms with Crippen LogP contribution in [0.4, 0.5) is 0 Å². The van der Waals surface area contributed by atoms with Crippen LogP contribution in [0, 0.1) is 11.8 Å². The molecule has 0 aliphatic carbocycles. The molecule has 0 aromatic carbocycles. The summed E-state index contributed by atoms with van der Waals surface area (Å²) in [4.78, 5) is 54.4. The first-order valence-corrected chi connectivity index (χ1v) is 11.9. The summed E-state index contributed by atoms with van der Waals surface area (Å²) in [6, 6.07) is -1.16. The van der Waals surface area contributed by atoms with Crippen LogP contribution in [-0.4, -0.2) is 103 Å². The molecule has 1 aromatic rings. The molecule has 13 nitrogen and oxygen atoms in total. The summed E-state index contributed by atoms with van der Waals surface area (Å²) in [6.07, 6.45) is 1.80. The molecule has 0 radical (unpaired) electrons. The van der Waals surface area contributed by atoms with E-state index in [9.17, 15) is 24.3 Å². The first-order chi connectivity index (χ1) is 16.1. The number of rotatable bonds is 8. The fraction of sp³-hybridized carbons (Fsp3) is 0.650. The van der Waals surface area contributed by atoms with Gasteiger partial charge in [0.05, 0.1) is 18.0 Å². The third-order valence-corrected chi connectivity index (χ3v) is 8.03. The lowest BCUT2D eigenvalue weighted by molar-refractivity contribution is -0.158.